The molecule has 1 aromatic rings. The van der Waals surface area contributed by atoms with Gasteiger partial charge in [0.2, 0.25) is 0 Å². The van der Waals surface area contributed by atoms with Crippen LogP contribution in [0.15, 0.2) is 18.2 Å². The number of hydrogen-bond donors (Lipinski definition) is 0. The first-order chi connectivity index (χ1) is 10.5. The van der Waals surface area contributed by atoms with Crippen molar-refractivity contribution in [1.29, 1.82) is 0 Å². The molecule has 0 heterocycles. The lowest BCUT2D eigenvalue weighted by atomic mass is 9.88. The number of rotatable bonds is 4. The number of carbonyl (C=O) groups is 1. The van der Waals surface area contributed by atoms with E-state index in [4.69, 9.17) is 23.2 Å². The molecule has 0 aromatic heterocycles. The van der Waals surface area contributed by atoms with Crippen molar-refractivity contribution in [2.75, 3.05) is 20.6 Å². The zero-order chi connectivity index (χ0) is 16.3. The molecule has 1 saturated carbocycles. The smallest absolute Gasteiger partial charge is 0.254 e. The SMILES string of the molecule is CCN(C(=O)c1ccc(Cl)c(Cl)c1)[C@@H]1CCCC[C@H]1N(C)C.Cl. The second kappa shape index (κ2) is 9.12. The number of likely N-dealkylation sites (N-methyl/N-ethyl adjacent to an activating group) is 2. The molecule has 2 atom stereocenters. The van der Waals surface area contributed by atoms with Crippen LogP contribution in [0.3, 0.4) is 0 Å². The lowest BCUT2D eigenvalue weighted by Gasteiger charge is -2.42. The molecule has 2 rings (SSSR count). The molecule has 6 heteroatoms. The van der Waals surface area contributed by atoms with Crippen molar-refractivity contribution in [3.8, 4) is 0 Å². The zero-order valence-electron chi connectivity index (χ0n) is 13.9. The first-order valence-corrected chi connectivity index (χ1v) is 8.63. The molecule has 0 aliphatic heterocycles. The highest BCUT2D eigenvalue weighted by Gasteiger charge is 2.33. The van der Waals surface area contributed by atoms with Crippen LogP contribution >= 0.6 is 35.6 Å². The van der Waals surface area contributed by atoms with Gasteiger partial charge in [0, 0.05) is 24.2 Å². The molecule has 3 nitrogen and oxygen atoms in total. The molecule has 0 radical (unpaired) electrons. The van der Waals surface area contributed by atoms with Gasteiger partial charge < -0.3 is 9.80 Å². The molecule has 1 aliphatic carbocycles. The number of benzene rings is 1. The summed E-state index contributed by atoms with van der Waals surface area (Å²) in [5.41, 5.74) is 0.610. The first kappa shape index (κ1) is 20.6. The third-order valence-corrected chi connectivity index (χ3v) is 5.26. The van der Waals surface area contributed by atoms with Crippen molar-refractivity contribution in [3.63, 3.8) is 0 Å². The third-order valence-electron chi connectivity index (χ3n) is 4.53. The fraction of sp³-hybridized carbons (Fsp3) is 0.588. The van der Waals surface area contributed by atoms with Crippen LogP contribution in [-0.2, 0) is 0 Å². The third kappa shape index (κ3) is 4.76. The predicted octanol–water partition coefficient (Wildman–Crippen LogP) is 4.75. The van der Waals surface area contributed by atoms with Crippen molar-refractivity contribution in [2.24, 2.45) is 0 Å². The molecule has 0 unspecified atom stereocenters. The summed E-state index contributed by atoms with van der Waals surface area (Å²) < 4.78 is 0. The summed E-state index contributed by atoms with van der Waals surface area (Å²) >= 11 is 12.0. The molecular formula is C17H25Cl3N2O. The van der Waals surface area contributed by atoms with E-state index in [0.717, 1.165) is 12.8 Å². The maximum absolute atomic E-state index is 12.9. The lowest BCUT2D eigenvalue weighted by molar-refractivity contribution is 0.0478. The van der Waals surface area contributed by atoms with Gasteiger partial charge in [-0.05, 0) is 52.1 Å². The Kier molecular flexibility index (Phi) is 8.15. The Bertz CT molecular complexity index is 537. The van der Waals surface area contributed by atoms with Gasteiger partial charge in [0.15, 0.2) is 0 Å². The highest BCUT2D eigenvalue weighted by molar-refractivity contribution is 6.42. The van der Waals surface area contributed by atoms with Crippen LogP contribution in [0.5, 0.6) is 0 Å². The molecule has 130 valence electrons. The Morgan fingerprint density at radius 2 is 1.74 bits per heavy atom. The molecular weight excluding hydrogens is 355 g/mol. The predicted molar refractivity (Wildman–Crippen MR) is 100 cm³/mol. The maximum atomic E-state index is 12.9. The van der Waals surface area contributed by atoms with Gasteiger partial charge in [0.05, 0.1) is 10.0 Å². The second-order valence-corrected chi connectivity index (χ2v) is 6.92. The van der Waals surface area contributed by atoms with E-state index in [1.165, 1.54) is 12.8 Å². The van der Waals surface area contributed by atoms with Gasteiger partial charge in [-0.1, -0.05) is 36.0 Å². The van der Waals surface area contributed by atoms with E-state index in [1.54, 1.807) is 18.2 Å². The van der Waals surface area contributed by atoms with E-state index in [-0.39, 0.29) is 24.4 Å². The van der Waals surface area contributed by atoms with Crippen molar-refractivity contribution in [1.82, 2.24) is 9.80 Å². The first-order valence-electron chi connectivity index (χ1n) is 7.88. The van der Waals surface area contributed by atoms with E-state index >= 15 is 0 Å². The minimum Gasteiger partial charge on any atom is -0.334 e. The minimum atomic E-state index is 0. The number of nitrogens with zero attached hydrogens (tertiary/aromatic N) is 2. The molecule has 1 aromatic carbocycles. The summed E-state index contributed by atoms with van der Waals surface area (Å²) in [4.78, 5) is 17.1. The van der Waals surface area contributed by atoms with Crippen molar-refractivity contribution in [3.05, 3.63) is 33.8 Å². The zero-order valence-corrected chi connectivity index (χ0v) is 16.2. The topological polar surface area (TPSA) is 23.6 Å². The van der Waals surface area contributed by atoms with E-state index in [1.807, 2.05) is 11.8 Å². The number of carbonyl (C=O) groups excluding carboxylic acids is 1. The number of halogens is 3. The lowest BCUT2D eigenvalue weighted by Crippen LogP contribution is -2.53. The average Bonchev–Trinajstić information content (AvgIpc) is 2.51. The fourth-order valence-electron chi connectivity index (χ4n) is 3.38. The standard InChI is InChI=1S/C17H24Cl2N2O.ClH/c1-4-21(16-8-6-5-7-15(16)20(2)3)17(22)12-9-10-13(18)14(19)11-12;/h9-11,15-16H,4-8H2,1-3H3;1H/t15-,16-;/m1./s1. The molecule has 0 bridgehead atoms. The normalized spacial score (nSPS) is 21.0. The summed E-state index contributed by atoms with van der Waals surface area (Å²) in [6.45, 7) is 2.74. The molecule has 1 amide bonds. The summed E-state index contributed by atoms with van der Waals surface area (Å²) in [6, 6.07) is 5.79. The number of amides is 1. The van der Waals surface area contributed by atoms with Gasteiger partial charge in [0.1, 0.15) is 0 Å². The van der Waals surface area contributed by atoms with Crippen LogP contribution in [0.25, 0.3) is 0 Å². The Hall–Kier alpha value is -0.480. The van der Waals surface area contributed by atoms with Crippen LogP contribution in [0.4, 0.5) is 0 Å². The van der Waals surface area contributed by atoms with Crippen LogP contribution in [-0.4, -0.2) is 48.4 Å². The molecule has 0 spiro atoms. The summed E-state index contributed by atoms with van der Waals surface area (Å²) in [6.07, 6.45) is 4.62. The van der Waals surface area contributed by atoms with Gasteiger partial charge in [-0.15, -0.1) is 12.4 Å². The Morgan fingerprint density at radius 3 is 2.26 bits per heavy atom. The Balaban J connectivity index is 0.00000264. The van der Waals surface area contributed by atoms with Crippen molar-refractivity contribution in [2.45, 2.75) is 44.7 Å². The molecule has 1 fully saturated rings. The van der Waals surface area contributed by atoms with Crippen LogP contribution in [0.1, 0.15) is 43.0 Å². The van der Waals surface area contributed by atoms with Gasteiger partial charge in [-0.3, -0.25) is 4.79 Å². The summed E-state index contributed by atoms with van der Waals surface area (Å²) in [5, 5.41) is 0.904. The Morgan fingerprint density at radius 1 is 1.13 bits per heavy atom. The highest BCUT2D eigenvalue weighted by Crippen LogP contribution is 2.28. The monoisotopic (exact) mass is 378 g/mol. The van der Waals surface area contributed by atoms with Gasteiger partial charge in [-0.2, -0.15) is 0 Å². The molecule has 0 N–H and O–H groups in total. The quantitative estimate of drug-likeness (QED) is 0.753. The van der Waals surface area contributed by atoms with Crippen molar-refractivity contribution >= 4 is 41.5 Å². The van der Waals surface area contributed by atoms with Gasteiger partial charge in [0.25, 0.3) is 5.91 Å². The van der Waals surface area contributed by atoms with E-state index < -0.39 is 0 Å². The molecule has 23 heavy (non-hydrogen) atoms. The second-order valence-electron chi connectivity index (χ2n) is 6.10. The maximum Gasteiger partial charge on any atom is 0.254 e. The minimum absolute atomic E-state index is 0. The fourth-order valence-corrected chi connectivity index (χ4v) is 3.68. The number of hydrogen-bond acceptors (Lipinski definition) is 2. The van der Waals surface area contributed by atoms with E-state index in [0.29, 0.717) is 28.2 Å². The highest BCUT2D eigenvalue weighted by atomic mass is 35.5. The van der Waals surface area contributed by atoms with Crippen LogP contribution in [0, 0.1) is 0 Å². The van der Waals surface area contributed by atoms with Crippen LogP contribution < -0.4 is 0 Å². The largest absolute Gasteiger partial charge is 0.334 e. The van der Waals surface area contributed by atoms with Gasteiger partial charge in [-0.25, -0.2) is 0 Å². The van der Waals surface area contributed by atoms with Gasteiger partial charge >= 0.3 is 0 Å². The molecule has 1 aliphatic rings. The summed E-state index contributed by atoms with van der Waals surface area (Å²) in [7, 11) is 4.20. The van der Waals surface area contributed by atoms with Crippen molar-refractivity contribution < 1.29 is 4.79 Å². The summed E-state index contributed by atoms with van der Waals surface area (Å²) in [5.74, 6) is 0.0415. The Labute approximate surface area is 155 Å². The average molecular weight is 380 g/mol. The van der Waals surface area contributed by atoms with Crippen LogP contribution in [0.2, 0.25) is 10.0 Å². The van der Waals surface area contributed by atoms with E-state index in [2.05, 4.69) is 19.0 Å². The van der Waals surface area contributed by atoms with E-state index in [9.17, 15) is 4.79 Å². The molecule has 0 saturated heterocycles.